The van der Waals surface area contributed by atoms with Gasteiger partial charge in [-0.2, -0.15) is 55.3 Å². The van der Waals surface area contributed by atoms with Gasteiger partial charge in [0.15, 0.2) is 17.3 Å². The highest BCUT2D eigenvalue weighted by Gasteiger charge is 2.34. The lowest BCUT2D eigenvalue weighted by atomic mass is 9.94. The zero-order valence-corrected chi connectivity index (χ0v) is 63.1. The van der Waals surface area contributed by atoms with E-state index in [0.717, 1.165) is 0 Å². The molecule has 6 aromatic carbocycles. The molecule has 0 bridgehead atoms. The zero-order valence-electron chi connectivity index (χ0n) is 63.1. The lowest BCUT2D eigenvalue weighted by molar-refractivity contribution is -0.135. The molecule has 0 aliphatic heterocycles. The molecule has 12 rings (SSSR count). The van der Waals surface area contributed by atoms with E-state index >= 15 is 0 Å². The molecule has 3 amide bonds. The number of amides is 3. The second-order valence-electron chi connectivity index (χ2n) is 27.2. The van der Waals surface area contributed by atoms with Crippen LogP contribution in [0.2, 0.25) is 0 Å². The average Bonchev–Trinajstić information content (AvgIpc) is 0.922. The number of hydrogen-bond donors (Lipinski definition) is 3. The standard InChI is InChI=1S/3C29H23F4N3O3/c3*1-16(15-34)12-24(37)19-5-3-4-18(13-19)21-14-22-25(27(38)35-2)26(17-6-8-20(30)9-7-17)39-28(22)36-23(21)10-11-29(31,32)33/h3*3-9,13-14,16H,10-12H2,1-2H3,(H,35,38). The third-order valence-corrected chi connectivity index (χ3v) is 18.5. The molecule has 600 valence electrons. The molecule has 30 heteroatoms. The topological polar surface area (TPSA) is 288 Å². The summed E-state index contributed by atoms with van der Waals surface area (Å²) < 4.78 is 177. The number of rotatable bonds is 24. The summed E-state index contributed by atoms with van der Waals surface area (Å²) in [5.74, 6) is -5.19. The molecule has 117 heavy (non-hydrogen) atoms. The van der Waals surface area contributed by atoms with Crippen LogP contribution in [0.5, 0.6) is 0 Å². The molecule has 12 aromatic rings. The highest BCUT2D eigenvalue weighted by atomic mass is 19.4. The van der Waals surface area contributed by atoms with Crippen molar-refractivity contribution >= 4 is 68.4 Å². The summed E-state index contributed by atoms with van der Waals surface area (Å²) in [5.41, 5.74) is 4.49. The van der Waals surface area contributed by atoms with E-state index in [1.165, 1.54) is 130 Å². The van der Waals surface area contributed by atoms with Gasteiger partial charge >= 0.3 is 18.5 Å². The fraction of sp³-hybridized carbons (Fsp3) is 0.241. The van der Waals surface area contributed by atoms with Gasteiger partial charge in [0, 0.05) is 110 Å². The van der Waals surface area contributed by atoms with E-state index in [4.69, 9.17) is 29.0 Å². The fourth-order valence-electron chi connectivity index (χ4n) is 12.7. The van der Waals surface area contributed by atoms with Crippen molar-refractivity contribution in [2.24, 2.45) is 17.8 Å². The number of Topliss-reactive ketones (excluding diaryl/α,β-unsaturated/α-hetero) is 3. The van der Waals surface area contributed by atoms with Gasteiger partial charge in [0.2, 0.25) is 17.1 Å². The first-order valence-corrected chi connectivity index (χ1v) is 36.1. The van der Waals surface area contributed by atoms with Crippen molar-refractivity contribution < 1.29 is 94.7 Å². The van der Waals surface area contributed by atoms with Crippen LogP contribution in [0, 0.1) is 69.2 Å². The summed E-state index contributed by atoms with van der Waals surface area (Å²) in [6, 6.07) is 45.2. The van der Waals surface area contributed by atoms with E-state index in [1.54, 1.807) is 75.4 Å². The first-order chi connectivity index (χ1) is 55.5. The minimum absolute atomic E-state index is 0.0122. The number of nitrogens with one attached hydrogen (secondary N) is 3. The molecule has 0 radical (unpaired) electrons. The maximum Gasteiger partial charge on any atom is 0.389 e. The van der Waals surface area contributed by atoms with Crippen molar-refractivity contribution in [2.75, 3.05) is 21.1 Å². The molecular weight excluding hydrogens is 1540 g/mol. The largest absolute Gasteiger partial charge is 0.437 e. The monoisotopic (exact) mass is 1610 g/mol. The van der Waals surface area contributed by atoms with Crippen LogP contribution in [0.4, 0.5) is 52.7 Å². The van der Waals surface area contributed by atoms with Gasteiger partial charge in [-0.25, -0.2) is 28.1 Å². The Morgan fingerprint density at radius 1 is 0.368 bits per heavy atom. The fourth-order valence-corrected chi connectivity index (χ4v) is 12.7. The van der Waals surface area contributed by atoms with Crippen molar-refractivity contribution in [3.05, 3.63) is 232 Å². The molecule has 6 heterocycles. The lowest BCUT2D eigenvalue weighted by Gasteiger charge is -2.12. The Kier molecular flexibility index (Phi) is 26.9. The Bertz CT molecular complexity index is 5320. The predicted molar refractivity (Wildman–Crippen MR) is 409 cm³/mol. The number of ketones is 3. The third-order valence-electron chi connectivity index (χ3n) is 18.5. The number of aryl methyl sites for hydroxylation is 3. The van der Waals surface area contributed by atoms with Crippen LogP contribution in [0.1, 0.15) is 139 Å². The molecule has 0 aliphatic rings. The number of hydrogen-bond acceptors (Lipinski definition) is 15. The van der Waals surface area contributed by atoms with E-state index in [0.29, 0.717) is 66.8 Å². The summed E-state index contributed by atoms with van der Waals surface area (Å²) in [6.07, 6.45) is -18.2. The minimum Gasteiger partial charge on any atom is -0.437 e. The molecule has 0 spiro atoms. The SMILES string of the molecule is CNC(=O)c1c(-c2ccc(F)cc2)oc2nc(CCC(F)(F)F)c(-c3cccc(C(=O)CC(C)C#N)c3)cc12.CNC(=O)c1c(-c2ccc(F)cc2)oc2nc(CCC(F)(F)F)c(-c3cccc(C(=O)CC(C)C#N)c3)cc12.CNC(=O)c1c(-c2ccc(F)cc2)oc2nc(CCC(F)(F)F)c(-c3cccc(C(=O)CC(C)C#N)c3)cc12. The second kappa shape index (κ2) is 36.7. The van der Waals surface area contributed by atoms with E-state index < -0.39 is 110 Å². The molecule has 0 aliphatic carbocycles. The normalized spacial score (nSPS) is 12.2. The van der Waals surface area contributed by atoms with Crippen LogP contribution >= 0.6 is 0 Å². The highest BCUT2D eigenvalue weighted by molar-refractivity contribution is 6.14. The summed E-state index contributed by atoms with van der Waals surface area (Å²) in [7, 11) is 4.25. The second-order valence-corrected chi connectivity index (χ2v) is 27.2. The minimum atomic E-state index is -4.45. The first kappa shape index (κ1) is 85.9. The summed E-state index contributed by atoms with van der Waals surface area (Å²) in [5, 5.41) is 35.5. The molecule has 6 aromatic heterocycles. The van der Waals surface area contributed by atoms with Gasteiger partial charge in [-0.15, -0.1) is 0 Å². The Morgan fingerprint density at radius 3 is 0.821 bits per heavy atom. The number of halogens is 12. The van der Waals surface area contributed by atoms with Crippen LogP contribution < -0.4 is 16.0 Å². The van der Waals surface area contributed by atoms with Gasteiger partial charge in [0.25, 0.3) is 17.7 Å². The van der Waals surface area contributed by atoms with Crippen molar-refractivity contribution in [1.29, 1.82) is 15.8 Å². The molecule has 0 saturated carbocycles. The molecule has 0 fully saturated rings. The van der Waals surface area contributed by atoms with Crippen LogP contribution in [-0.2, 0) is 19.3 Å². The Labute approximate surface area is 660 Å². The molecule has 3 atom stereocenters. The molecule has 18 nitrogen and oxygen atoms in total. The number of benzene rings is 6. The maximum absolute atomic E-state index is 13.5. The van der Waals surface area contributed by atoms with Crippen molar-refractivity contribution in [2.45, 2.75) is 97.1 Å². The number of carbonyl (C=O) groups excluding carboxylic acids is 6. The van der Waals surface area contributed by atoms with Gasteiger partial charge in [0.05, 0.1) is 85.9 Å². The number of nitriles is 3. The van der Waals surface area contributed by atoms with Gasteiger partial charge < -0.3 is 29.2 Å². The number of nitrogens with zero attached hydrogens (tertiary/aromatic N) is 6. The van der Waals surface area contributed by atoms with Crippen molar-refractivity contribution in [3.8, 4) is 85.6 Å². The van der Waals surface area contributed by atoms with Gasteiger partial charge in [-0.05, 0) is 166 Å². The number of carbonyl (C=O) groups is 6. The summed E-state index contributed by atoms with van der Waals surface area (Å²) >= 11 is 0. The van der Waals surface area contributed by atoms with Gasteiger partial charge in [0.1, 0.15) is 34.7 Å². The summed E-state index contributed by atoms with van der Waals surface area (Å²) in [6.45, 7) is 4.85. The number of furan rings is 3. The van der Waals surface area contributed by atoms with E-state index in [-0.39, 0.29) is 121 Å². The Hall–Kier alpha value is -13.6. The predicted octanol–water partition coefficient (Wildman–Crippen LogP) is 20.7. The van der Waals surface area contributed by atoms with Gasteiger partial charge in [-0.3, -0.25) is 28.8 Å². The van der Waals surface area contributed by atoms with Crippen molar-refractivity contribution in [3.63, 3.8) is 0 Å². The molecule has 3 unspecified atom stereocenters. The van der Waals surface area contributed by atoms with Crippen LogP contribution in [0.25, 0.3) is 101 Å². The highest BCUT2D eigenvalue weighted by Crippen LogP contribution is 2.43. The smallest absolute Gasteiger partial charge is 0.389 e. The summed E-state index contributed by atoms with van der Waals surface area (Å²) in [4.78, 5) is 90.0. The zero-order chi connectivity index (χ0) is 85.0. The Balaban J connectivity index is 0.000000185. The lowest BCUT2D eigenvalue weighted by Crippen LogP contribution is -2.18. The molecule has 0 saturated heterocycles. The van der Waals surface area contributed by atoms with Gasteiger partial charge in [-0.1, -0.05) is 54.6 Å². The number of aromatic nitrogens is 3. The van der Waals surface area contributed by atoms with Crippen molar-refractivity contribution in [1.82, 2.24) is 30.9 Å². The Morgan fingerprint density at radius 2 is 0.607 bits per heavy atom. The average molecular weight is 1610 g/mol. The van der Waals surface area contributed by atoms with Crippen LogP contribution in [-0.4, -0.2) is 89.7 Å². The molecular formula is C87H69F12N9O9. The van der Waals surface area contributed by atoms with E-state index in [1.807, 2.05) is 18.2 Å². The number of alkyl halides is 9. The quantitative estimate of drug-likeness (QED) is 0.0374. The van der Waals surface area contributed by atoms with Crippen LogP contribution in [0.15, 0.2) is 177 Å². The van der Waals surface area contributed by atoms with E-state index in [9.17, 15) is 81.5 Å². The molecule has 3 N–H and O–H groups in total. The third kappa shape index (κ3) is 21.3. The van der Waals surface area contributed by atoms with E-state index in [2.05, 4.69) is 30.9 Å². The number of fused-ring (bicyclic) bond motifs is 3. The maximum atomic E-state index is 13.5. The number of pyridine rings is 3. The van der Waals surface area contributed by atoms with Crippen LogP contribution in [0.3, 0.4) is 0 Å². The first-order valence-electron chi connectivity index (χ1n) is 36.1.